The maximum absolute atomic E-state index is 15.0. The van der Waals surface area contributed by atoms with Crippen LogP contribution in [0.1, 0.15) is 49.9 Å². The monoisotopic (exact) mass is 1730 g/mol. The van der Waals surface area contributed by atoms with Gasteiger partial charge in [-0.25, -0.2) is 9.59 Å². The van der Waals surface area contributed by atoms with E-state index in [1.54, 1.807) is 148 Å². The molecular weight excluding hydrogens is 1660 g/mol. The van der Waals surface area contributed by atoms with Gasteiger partial charge in [0.25, 0.3) is 0 Å². The fourth-order valence-corrected chi connectivity index (χ4v) is 18.3. The van der Waals surface area contributed by atoms with Gasteiger partial charge in [0.1, 0.15) is 0 Å². The van der Waals surface area contributed by atoms with Crippen molar-refractivity contribution in [1.82, 2.24) is 39.2 Å². The first kappa shape index (κ1) is 83.8. The summed E-state index contributed by atoms with van der Waals surface area (Å²) in [7, 11) is 0. The van der Waals surface area contributed by atoms with E-state index in [0.717, 1.165) is 11.8 Å². The number of rotatable bonds is 16. The average Bonchev–Trinajstić information content (AvgIpc) is 1.37. The van der Waals surface area contributed by atoms with Gasteiger partial charge in [0, 0.05) is 232 Å². The van der Waals surface area contributed by atoms with Crippen LogP contribution >= 0.6 is 81.4 Å². The Morgan fingerprint density at radius 3 is 0.882 bits per heavy atom. The van der Waals surface area contributed by atoms with Crippen LogP contribution in [0, 0.1) is 0 Å². The largest absolute Gasteiger partial charge is 0.397 e. The van der Waals surface area contributed by atoms with Crippen molar-refractivity contribution in [3.8, 4) is 66.8 Å². The van der Waals surface area contributed by atoms with Crippen molar-refractivity contribution in [2.75, 3.05) is 128 Å². The van der Waals surface area contributed by atoms with Gasteiger partial charge in [-0.2, -0.15) is 20.0 Å². The summed E-state index contributed by atoms with van der Waals surface area (Å²) < 4.78 is 0. The quantitative estimate of drug-likeness (QED) is 0.0516. The van der Waals surface area contributed by atoms with E-state index < -0.39 is 23.9 Å². The van der Waals surface area contributed by atoms with Gasteiger partial charge in [-0.05, 0) is 118 Å². The Bertz CT molecular complexity index is 5760. The van der Waals surface area contributed by atoms with Gasteiger partial charge in [0.05, 0.1) is 64.3 Å². The second-order valence-corrected chi connectivity index (χ2v) is 32.3. The predicted octanol–water partition coefficient (Wildman–Crippen LogP) is 11.7. The Morgan fingerprint density at radius 2 is 0.597 bits per heavy atom. The van der Waals surface area contributed by atoms with Crippen molar-refractivity contribution in [3.63, 3.8) is 0 Å². The van der Waals surface area contributed by atoms with Crippen LogP contribution in [-0.2, 0) is 38.4 Å². The maximum Gasteiger partial charge on any atom is 0.368 e. The minimum Gasteiger partial charge on any atom is -0.397 e. The Labute approximate surface area is 716 Å². The SMILES string of the molecule is CC(=O)N1CCN(C(=O)C=Cc2ccc(-c3c(C=CC(=O)N4CCN(C(C)=O)CC4)c(-c4cc5c(cc4Cl)=NC(=O)N=5)c(Cl)c(Sc4c(Cl)c(-c5cc6c(cc5Cl)=NC(=O)N=6)c(C=CC(=O)N5CCN(C(C)=O)CC5)c(-c5ccc(C=CC(=O)N6CCN(C(C)=O)CC6)cc5Cl)c4-c4ccc(N)c(N)c4)c3-c3ccc(N)c(N)c3)c(Cl)c2)CC1. The molecule has 4 saturated heterocycles. The number of hydrogen-bond acceptors (Lipinski definition) is 15. The molecule has 6 aliphatic heterocycles. The second kappa shape index (κ2) is 35.1. The number of carbonyl (C=O) groups excluding carboxylic acids is 10. The van der Waals surface area contributed by atoms with Crippen molar-refractivity contribution >= 4 is 188 Å². The van der Waals surface area contributed by atoms with E-state index in [0.29, 0.717) is 74.6 Å². The summed E-state index contributed by atoms with van der Waals surface area (Å²) in [6.07, 6.45) is 11.9. The number of carbonyl (C=O) groups is 10. The molecule has 0 atom stereocenters. The van der Waals surface area contributed by atoms with Crippen LogP contribution in [-0.4, -0.2) is 203 Å². The zero-order valence-electron chi connectivity index (χ0n) is 64.6. The molecule has 0 spiro atoms. The van der Waals surface area contributed by atoms with E-state index >= 15 is 9.59 Å². The van der Waals surface area contributed by atoms with Gasteiger partial charge < -0.3 is 62.1 Å². The minimum absolute atomic E-state index is 0.00436. The fraction of sp³-hybridized carbons (Fsp3) is 0.233. The highest BCUT2D eigenvalue weighted by molar-refractivity contribution is 8.00. The first-order valence-corrected chi connectivity index (χ1v) is 40.9. The first-order valence-electron chi connectivity index (χ1n) is 37.8. The molecule has 0 unspecified atom stereocenters. The summed E-state index contributed by atoms with van der Waals surface area (Å²) in [6, 6.07) is 24.5. The highest BCUT2D eigenvalue weighted by Gasteiger charge is 2.36. The molecule has 8 aromatic rings. The van der Waals surface area contributed by atoms with Crippen LogP contribution in [0.5, 0.6) is 0 Å². The van der Waals surface area contributed by atoms with E-state index in [1.165, 1.54) is 64.1 Å². The number of nitrogens with zero attached hydrogens (tertiary/aromatic N) is 12. The normalized spacial score (nSPS) is 15.6. The van der Waals surface area contributed by atoms with E-state index in [-0.39, 0.29) is 239 Å². The molecule has 26 nitrogen and oxygen atoms in total. The Morgan fingerprint density at radius 1 is 0.319 bits per heavy atom. The molecule has 0 radical (unpaired) electrons. The number of urea groups is 2. The number of piperazine rings is 4. The number of benzene rings is 8. The molecule has 6 aliphatic rings. The molecule has 14 rings (SSSR count). The molecule has 6 heterocycles. The summed E-state index contributed by atoms with van der Waals surface area (Å²) in [4.78, 5) is 164. The van der Waals surface area contributed by atoms with Crippen LogP contribution in [0.15, 0.2) is 151 Å². The molecule has 0 saturated carbocycles. The van der Waals surface area contributed by atoms with Crippen LogP contribution < -0.4 is 44.4 Å². The van der Waals surface area contributed by atoms with Gasteiger partial charge in [0.15, 0.2) is 0 Å². The van der Waals surface area contributed by atoms with Gasteiger partial charge in [-0.3, -0.25) is 38.4 Å². The van der Waals surface area contributed by atoms with Crippen molar-refractivity contribution in [2.24, 2.45) is 20.0 Å². The van der Waals surface area contributed by atoms with Crippen LogP contribution in [0.4, 0.5) is 32.3 Å². The molecule has 12 amide bonds. The van der Waals surface area contributed by atoms with Gasteiger partial charge in [0.2, 0.25) is 47.3 Å². The van der Waals surface area contributed by atoms with E-state index in [9.17, 15) is 38.4 Å². The molecule has 119 heavy (non-hydrogen) atoms. The highest BCUT2D eigenvalue weighted by atomic mass is 35.5. The Hall–Kier alpha value is -11.7. The van der Waals surface area contributed by atoms with Gasteiger partial charge in [-0.15, -0.1) is 0 Å². The maximum atomic E-state index is 15.0. The Kier molecular flexibility index (Phi) is 24.7. The van der Waals surface area contributed by atoms with E-state index in [4.69, 9.17) is 92.5 Å². The molecule has 0 aromatic heterocycles. The third kappa shape index (κ3) is 17.6. The molecule has 0 aliphatic carbocycles. The number of hydrogen-bond donors (Lipinski definition) is 4. The van der Waals surface area contributed by atoms with Crippen LogP contribution in [0.3, 0.4) is 0 Å². The number of nitrogen functional groups attached to an aromatic ring is 4. The highest BCUT2D eigenvalue weighted by Crippen LogP contribution is 2.60. The van der Waals surface area contributed by atoms with Crippen molar-refractivity contribution < 1.29 is 47.9 Å². The fourth-order valence-electron chi connectivity index (χ4n) is 15.2. The lowest BCUT2D eigenvalue weighted by Crippen LogP contribution is -2.49. The molecular formula is C86H76Cl6N16O10S. The lowest BCUT2D eigenvalue weighted by atomic mass is 9.84. The number of amides is 12. The smallest absolute Gasteiger partial charge is 0.368 e. The summed E-state index contributed by atoms with van der Waals surface area (Å²) in [5.74, 6) is -2.06. The van der Waals surface area contributed by atoms with Gasteiger partial charge in [-0.1, -0.05) is 118 Å². The molecule has 33 heteroatoms. The third-order valence-electron chi connectivity index (χ3n) is 21.6. The summed E-state index contributed by atoms with van der Waals surface area (Å²) in [5, 5.41) is 0.503. The second-order valence-electron chi connectivity index (χ2n) is 28.9. The summed E-state index contributed by atoms with van der Waals surface area (Å²) >= 11 is 49.0. The van der Waals surface area contributed by atoms with Crippen LogP contribution in [0.25, 0.3) is 91.1 Å². The molecule has 0 bridgehead atoms. The average molecular weight is 1740 g/mol. The number of fused-ring (bicyclic) bond motifs is 2. The summed E-state index contributed by atoms with van der Waals surface area (Å²) in [5.41, 5.74) is 32.0. The molecule has 4 fully saturated rings. The van der Waals surface area contributed by atoms with Gasteiger partial charge >= 0.3 is 12.1 Å². The van der Waals surface area contributed by atoms with Crippen molar-refractivity contribution in [1.29, 1.82) is 0 Å². The topological polar surface area (TPSA) is 350 Å². The molecule has 8 aromatic carbocycles. The molecule has 608 valence electrons. The van der Waals surface area contributed by atoms with Crippen LogP contribution in [0.2, 0.25) is 30.1 Å². The standard InChI is InChI=1S/C86H76Cl6N16O10S/c1-45(109)101-21-29-105(30-22-101)71(113)17-7-49-5-11-53(59(87)37-49)77-55(13-19-73(115)107-33-25-103(26-34-107)47(3)111)79(57-41-67-69(43-61(57)89)99-85(117)97-67)81(91)83(75(77)51-9-15-63(93)65(95)39-51)119-84-76(52-10-16-64(94)66(96)40-52)78(54-12-6-50(38-60(54)88)8-18-72(114)106-31-23-102(24-32-106)46(2)110)56(14-20-74(116)108-35-27-104(28-36-108)48(4)112)80(82(84)92)58-42-68-70(44-62(58)90)100-86(118)98-68/h5-20,37-44H,21-36,93-96H2,1-4H3. The zero-order valence-corrected chi connectivity index (χ0v) is 70.0. The van der Waals surface area contributed by atoms with E-state index in [2.05, 4.69) is 20.0 Å². The summed E-state index contributed by atoms with van der Waals surface area (Å²) in [6.45, 7) is 10.2. The Balaban J connectivity index is 1.10. The number of anilines is 4. The zero-order chi connectivity index (χ0) is 84.7. The molecule has 8 N–H and O–H groups in total. The number of nitrogens with two attached hydrogens (primary N) is 4. The van der Waals surface area contributed by atoms with Crippen molar-refractivity contribution in [2.45, 2.75) is 37.5 Å². The lowest BCUT2D eigenvalue weighted by molar-refractivity contribution is -0.135. The van der Waals surface area contributed by atoms with E-state index in [1.807, 2.05) is 0 Å². The number of halogens is 6. The van der Waals surface area contributed by atoms with Crippen molar-refractivity contribution in [3.05, 3.63) is 195 Å². The third-order valence-corrected chi connectivity index (χ3v) is 25.1. The first-order chi connectivity index (χ1) is 56.9. The predicted molar refractivity (Wildman–Crippen MR) is 464 cm³/mol. The lowest BCUT2D eigenvalue weighted by Gasteiger charge is -2.33. The minimum atomic E-state index is -0.815.